The van der Waals surface area contributed by atoms with Crippen LogP contribution >= 0.6 is 15.9 Å². The van der Waals surface area contributed by atoms with Crippen molar-refractivity contribution in [3.63, 3.8) is 0 Å². The Morgan fingerprint density at radius 3 is 2.45 bits per heavy atom. The van der Waals surface area contributed by atoms with Gasteiger partial charge in [-0.1, -0.05) is 51.8 Å². The highest BCUT2D eigenvalue weighted by Gasteiger charge is 2.26. The lowest BCUT2D eigenvalue weighted by molar-refractivity contribution is -0.120. The second kappa shape index (κ2) is 8.74. The Hall–Kier alpha value is -2.73. The SMILES string of the molecule is Cc1ccc(-c2ccc(N3CCC(C(=O)Nc4cccc(Br)c4)CC3)nn2)cc1. The van der Waals surface area contributed by atoms with E-state index in [1.165, 1.54) is 5.56 Å². The van der Waals surface area contributed by atoms with Gasteiger partial charge in [0.1, 0.15) is 0 Å². The molecule has 0 atom stereocenters. The molecule has 1 saturated heterocycles. The second-order valence-electron chi connectivity index (χ2n) is 7.40. The average Bonchev–Trinajstić information content (AvgIpc) is 2.75. The summed E-state index contributed by atoms with van der Waals surface area (Å²) < 4.78 is 0.956. The Bertz CT molecular complexity index is 981. The van der Waals surface area contributed by atoms with Gasteiger partial charge >= 0.3 is 0 Å². The fourth-order valence-corrected chi connectivity index (χ4v) is 3.95. The van der Waals surface area contributed by atoms with Gasteiger partial charge in [0.05, 0.1) is 5.69 Å². The summed E-state index contributed by atoms with van der Waals surface area (Å²) in [5.74, 6) is 0.972. The molecule has 29 heavy (non-hydrogen) atoms. The molecule has 1 aromatic heterocycles. The summed E-state index contributed by atoms with van der Waals surface area (Å²) in [6.07, 6.45) is 1.61. The monoisotopic (exact) mass is 450 g/mol. The summed E-state index contributed by atoms with van der Waals surface area (Å²) in [4.78, 5) is 14.8. The molecule has 2 aromatic carbocycles. The maximum Gasteiger partial charge on any atom is 0.227 e. The number of hydrogen-bond acceptors (Lipinski definition) is 4. The van der Waals surface area contributed by atoms with Crippen molar-refractivity contribution in [3.8, 4) is 11.3 Å². The van der Waals surface area contributed by atoms with Gasteiger partial charge in [-0.05, 0) is 50.1 Å². The van der Waals surface area contributed by atoms with E-state index in [0.29, 0.717) is 0 Å². The molecule has 1 aliphatic rings. The lowest BCUT2D eigenvalue weighted by Crippen LogP contribution is -2.38. The molecule has 5 nitrogen and oxygen atoms in total. The minimum absolute atomic E-state index is 0.0185. The number of rotatable bonds is 4. The van der Waals surface area contributed by atoms with Crippen molar-refractivity contribution < 1.29 is 4.79 Å². The maximum atomic E-state index is 12.6. The summed E-state index contributed by atoms with van der Waals surface area (Å²) in [5, 5.41) is 11.8. The van der Waals surface area contributed by atoms with Gasteiger partial charge in [-0.15, -0.1) is 10.2 Å². The number of amides is 1. The molecule has 0 radical (unpaired) electrons. The van der Waals surface area contributed by atoms with Crippen molar-refractivity contribution in [1.82, 2.24) is 10.2 Å². The Morgan fingerprint density at radius 1 is 1.03 bits per heavy atom. The molecule has 6 heteroatoms. The number of piperidine rings is 1. The summed E-state index contributed by atoms with van der Waals surface area (Å²) in [5.41, 5.74) is 3.99. The Labute approximate surface area is 179 Å². The topological polar surface area (TPSA) is 58.1 Å². The van der Waals surface area contributed by atoms with Crippen molar-refractivity contribution in [2.45, 2.75) is 19.8 Å². The standard InChI is InChI=1S/C23H23BrN4O/c1-16-5-7-17(8-6-16)21-9-10-22(27-26-21)28-13-11-18(12-14-28)23(29)25-20-4-2-3-19(24)15-20/h2-10,15,18H,11-14H2,1H3,(H,25,29). The van der Waals surface area contributed by atoms with E-state index in [4.69, 9.17) is 0 Å². The van der Waals surface area contributed by atoms with Crippen molar-refractivity contribution in [1.29, 1.82) is 0 Å². The number of anilines is 2. The van der Waals surface area contributed by atoms with Crippen LogP contribution in [-0.2, 0) is 4.79 Å². The number of nitrogens with zero attached hydrogens (tertiary/aromatic N) is 3. The van der Waals surface area contributed by atoms with Gasteiger partial charge in [-0.2, -0.15) is 0 Å². The molecule has 3 aromatic rings. The van der Waals surface area contributed by atoms with Crippen molar-refractivity contribution in [3.05, 3.63) is 70.7 Å². The third kappa shape index (κ3) is 4.82. The van der Waals surface area contributed by atoms with Crippen LogP contribution in [0, 0.1) is 12.8 Å². The van der Waals surface area contributed by atoms with Crippen LogP contribution in [0.5, 0.6) is 0 Å². The van der Waals surface area contributed by atoms with Crippen LogP contribution in [0.1, 0.15) is 18.4 Å². The highest BCUT2D eigenvalue weighted by Crippen LogP contribution is 2.25. The Balaban J connectivity index is 1.34. The van der Waals surface area contributed by atoms with Gasteiger partial charge in [-0.3, -0.25) is 4.79 Å². The predicted octanol–water partition coefficient (Wildman–Crippen LogP) is 5.07. The number of hydrogen-bond donors (Lipinski definition) is 1. The minimum Gasteiger partial charge on any atom is -0.355 e. The number of aryl methyl sites for hydroxylation is 1. The van der Waals surface area contributed by atoms with E-state index in [0.717, 1.165) is 53.2 Å². The number of halogens is 1. The molecule has 0 aliphatic carbocycles. The highest BCUT2D eigenvalue weighted by molar-refractivity contribution is 9.10. The first-order valence-electron chi connectivity index (χ1n) is 9.80. The third-order valence-corrected chi connectivity index (χ3v) is 5.77. The molecular formula is C23H23BrN4O. The van der Waals surface area contributed by atoms with E-state index in [-0.39, 0.29) is 11.8 Å². The third-order valence-electron chi connectivity index (χ3n) is 5.28. The zero-order valence-corrected chi connectivity index (χ0v) is 17.9. The van der Waals surface area contributed by atoms with E-state index in [9.17, 15) is 4.79 Å². The first-order chi connectivity index (χ1) is 14.1. The molecule has 148 valence electrons. The van der Waals surface area contributed by atoms with E-state index < -0.39 is 0 Å². The molecule has 2 heterocycles. The smallest absolute Gasteiger partial charge is 0.227 e. The summed E-state index contributed by atoms with van der Waals surface area (Å²) >= 11 is 3.43. The van der Waals surface area contributed by atoms with Crippen LogP contribution in [0.4, 0.5) is 11.5 Å². The number of benzene rings is 2. The van der Waals surface area contributed by atoms with E-state index in [1.807, 2.05) is 36.4 Å². The van der Waals surface area contributed by atoms with E-state index in [1.54, 1.807) is 0 Å². The highest BCUT2D eigenvalue weighted by atomic mass is 79.9. The minimum atomic E-state index is 0.0185. The van der Waals surface area contributed by atoms with Crippen molar-refractivity contribution in [2.24, 2.45) is 5.92 Å². The number of aromatic nitrogens is 2. The van der Waals surface area contributed by atoms with Crippen LogP contribution in [0.3, 0.4) is 0 Å². The lowest BCUT2D eigenvalue weighted by atomic mass is 9.96. The summed E-state index contributed by atoms with van der Waals surface area (Å²) in [6, 6.07) is 20.0. The van der Waals surface area contributed by atoms with E-state index >= 15 is 0 Å². The second-order valence-corrected chi connectivity index (χ2v) is 8.32. The Morgan fingerprint density at radius 2 is 1.79 bits per heavy atom. The van der Waals surface area contributed by atoms with Crippen LogP contribution in [-0.4, -0.2) is 29.2 Å². The van der Waals surface area contributed by atoms with Gasteiger partial charge in [0, 0.05) is 34.7 Å². The average molecular weight is 451 g/mol. The van der Waals surface area contributed by atoms with Crippen LogP contribution < -0.4 is 10.2 Å². The fourth-order valence-electron chi connectivity index (χ4n) is 3.55. The normalized spacial score (nSPS) is 14.6. The molecule has 0 saturated carbocycles. The zero-order valence-electron chi connectivity index (χ0n) is 16.3. The molecule has 1 N–H and O–H groups in total. The largest absolute Gasteiger partial charge is 0.355 e. The number of nitrogens with one attached hydrogen (secondary N) is 1. The van der Waals surface area contributed by atoms with Crippen LogP contribution in [0.15, 0.2) is 65.1 Å². The molecule has 0 unspecified atom stereocenters. The number of carbonyl (C=O) groups excluding carboxylic acids is 1. The predicted molar refractivity (Wildman–Crippen MR) is 120 cm³/mol. The quantitative estimate of drug-likeness (QED) is 0.602. The maximum absolute atomic E-state index is 12.6. The van der Waals surface area contributed by atoms with Gasteiger partial charge in [0.2, 0.25) is 5.91 Å². The zero-order chi connectivity index (χ0) is 20.2. The van der Waals surface area contributed by atoms with E-state index in [2.05, 4.69) is 67.5 Å². The van der Waals surface area contributed by atoms with Crippen LogP contribution in [0.2, 0.25) is 0 Å². The van der Waals surface area contributed by atoms with Gasteiger partial charge < -0.3 is 10.2 Å². The van der Waals surface area contributed by atoms with Gasteiger partial charge in [0.15, 0.2) is 5.82 Å². The fraction of sp³-hybridized carbons (Fsp3) is 0.261. The molecule has 1 aliphatic heterocycles. The molecular weight excluding hydrogens is 428 g/mol. The molecule has 1 fully saturated rings. The number of carbonyl (C=O) groups is 1. The van der Waals surface area contributed by atoms with Gasteiger partial charge in [-0.25, -0.2) is 0 Å². The molecule has 0 bridgehead atoms. The first-order valence-corrected chi connectivity index (χ1v) is 10.6. The van der Waals surface area contributed by atoms with Crippen LogP contribution in [0.25, 0.3) is 11.3 Å². The van der Waals surface area contributed by atoms with Gasteiger partial charge in [0.25, 0.3) is 0 Å². The molecule has 0 spiro atoms. The van der Waals surface area contributed by atoms with Crippen molar-refractivity contribution >= 4 is 33.3 Å². The molecule has 4 rings (SSSR count). The Kier molecular flexibility index (Phi) is 5.90. The first kappa shape index (κ1) is 19.6. The summed E-state index contributed by atoms with van der Waals surface area (Å²) in [7, 11) is 0. The lowest BCUT2D eigenvalue weighted by Gasteiger charge is -2.31. The van der Waals surface area contributed by atoms with Crippen molar-refractivity contribution in [2.75, 3.05) is 23.3 Å². The molecule has 1 amide bonds. The summed E-state index contributed by atoms with van der Waals surface area (Å²) in [6.45, 7) is 3.67.